The van der Waals surface area contributed by atoms with Crippen molar-refractivity contribution in [3.8, 4) is 11.5 Å². The number of carbonyl (C=O) groups excluding carboxylic acids is 1. The maximum atomic E-state index is 13.4. The van der Waals surface area contributed by atoms with Crippen molar-refractivity contribution in [2.45, 2.75) is 0 Å². The van der Waals surface area contributed by atoms with Gasteiger partial charge < -0.3 is 9.47 Å². The standard InChI is InChI=1S/C23H18BrN3O3S/c1-29-18-5-3-4-16(12-18)22(28)27(25-14-15-6-8-17(24)9-7-15)23-26-20-11-10-19(30-2)13-21(20)31-23/h3-14H,1-2H3/b25-14+. The lowest BCUT2D eigenvalue weighted by molar-refractivity contribution is 0.0987. The van der Waals surface area contributed by atoms with Gasteiger partial charge in [-0.15, -0.1) is 0 Å². The number of carbonyl (C=O) groups is 1. The van der Waals surface area contributed by atoms with E-state index < -0.39 is 0 Å². The van der Waals surface area contributed by atoms with E-state index in [4.69, 9.17) is 9.47 Å². The van der Waals surface area contributed by atoms with Gasteiger partial charge in [-0.3, -0.25) is 4.79 Å². The molecule has 0 aliphatic rings. The molecule has 1 aromatic heterocycles. The second-order valence-electron chi connectivity index (χ2n) is 6.48. The van der Waals surface area contributed by atoms with Gasteiger partial charge in [0.25, 0.3) is 5.91 Å². The molecule has 0 N–H and O–H groups in total. The smallest absolute Gasteiger partial charge is 0.280 e. The highest BCUT2D eigenvalue weighted by Gasteiger charge is 2.21. The second-order valence-corrected chi connectivity index (χ2v) is 8.40. The number of aromatic nitrogens is 1. The molecule has 156 valence electrons. The maximum Gasteiger partial charge on any atom is 0.280 e. The number of hydrazone groups is 1. The Labute approximate surface area is 191 Å². The number of halogens is 1. The molecule has 0 aliphatic heterocycles. The molecule has 8 heteroatoms. The predicted molar refractivity (Wildman–Crippen MR) is 128 cm³/mol. The molecule has 0 fully saturated rings. The molecule has 0 atom stereocenters. The third-order valence-corrected chi connectivity index (χ3v) is 5.99. The molecule has 0 radical (unpaired) electrons. The van der Waals surface area contributed by atoms with Crippen LogP contribution in [0.25, 0.3) is 10.2 Å². The van der Waals surface area contributed by atoms with E-state index in [1.165, 1.54) is 16.3 Å². The van der Waals surface area contributed by atoms with Crippen molar-refractivity contribution in [2.24, 2.45) is 5.10 Å². The van der Waals surface area contributed by atoms with Gasteiger partial charge in [-0.25, -0.2) is 4.98 Å². The normalized spacial score (nSPS) is 11.1. The van der Waals surface area contributed by atoms with E-state index in [2.05, 4.69) is 26.0 Å². The number of nitrogens with zero attached hydrogens (tertiary/aromatic N) is 3. The molecule has 1 amide bonds. The quantitative estimate of drug-likeness (QED) is 0.252. The van der Waals surface area contributed by atoms with E-state index in [1.54, 1.807) is 44.7 Å². The fraction of sp³-hybridized carbons (Fsp3) is 0.0870. The number of rotatable bonds is 6. The molecular formula is C23H18BrN3O3S. The number of anilines is 1. The lowest BCUT2D eigenvalue weighted by Crippen LogP contribution is -2.25. The Morgan fingerprint density at radius 2 is 1.77 bits per heavy atom. The highest BCUT2D eigenvalue weighted by molar-refractivity contribution is 9.10. The number of hydrogen-bond acceptors (Lipinski definition) is 6. The number of fused-ring (bicyclic) bond motifs is 1. The van der Waals surface area contributed by atoms with E-state index in [-0.39, 0.29) is 5.91 Å². The first-order valence-corrected chi connectivity index (χ1v) is 10.9. The number of benzene rings is 3. The molecule has 0 aliphatic carbocycles. The van der Waals surface area contributed by atoms with Crippen LogP contribution in [0.4, 0.5) is 5.13 Å². The Kier molecular flexibility index (Phi) is 6.29. The van der Waals surface area contributed by atoms with Gasteiger partial charge in [-0.1, -0.05) is 45.5 Å². The monoisotopic (exact) mass is 495 g/mol. The first-order valence-electron chi connectivity index (χ1n) is 9.30. The average Bonchev–Trinajstić information content (AvgIpc) is 3.23. The van der Waals surface area contributed by atoms with Crippen LogP contribution in [-0.2, 0) is 0 Å². The summed E-state index contributed by atoms with van der Waals surface area (Å²) in [5, 5.41) is 6.26. The topological polar surface area (TPSA) is 64.0 Å². The van der Waals surface area contributed by atoms with Gasteiger partial charge in [0.05, 0.1) is 30.7 Å². The minimum absolute atomic E-state index is 0.307. The number of thiazole rings is 1. The Morgan fingerprint density at radius 3 is 2.52 bits per heavy atom. The maximum absolute atomic E-state index is 13.4. The van der Waals surface area contributed by atoms with E-state index in [1.807, 2.05) is 42.5 Å². The van der Waals surface area contributed by atoms with Gasteiger partial charge in [0.15, 0.2) is 0 Å². The predicted octanol–water partition coefficient (Wildman–Crippen LogP) is 5.76. The van der Waals surface area contributed by atoms with E-state index in [0.717, 1.165) is 26.0 Å². The lowest BCUT2D eigenvalue weighted by Gasteiger charge is -2.14. The van der Waals surface area contributed by atoms with Gasteiger partial charge in [0, 0.05) is 10.0 Å². The Balaban J connectivity index is 1.76. The Hall–Kier alpha value is -3.23. The van der Waals surface area contributed by atoms with Crippen molar-refractivity contribution < 1.29 is 14.3 Å². The number of methoxy groups -OCH3 is 2. The number of ether oxygens (including phenoxy) is 2. The Bertz CT molecular complexity index is 1250. The van der Waals surface area contributed by atoms with Gasteiger partial charge in [-0.2, -0.15) is 10.1 Å². The van der Waals surface area contributed by atoms with Gasteiger partial charge in [0.2, 0.25) is 5.13 Å². The van der Waals surface area contributed by atoms with Crippen LogP contribution < -0.4 is 14.5 Å². The highest BCUT2D eigenvalue weighted by atomic mass is 79.9. The van der Waals surface area contributed by atoms with Crippen molar-refractivity contribution in [1.82, 2.24) is 4.98 Å². The van der Waals surface area contributed by atoms with Crippen molar-refractivity contribution in [2.75, 3.05) is 19.2 Å². The van der Waals surface area contributed by atoms with Gasteiger partial charge in [0.1, 0.15) is 11.5 Å². The second kappa shape index (κ2) is 9.28. The summed E-state index contributed by atoms with van der Waals surface area (Å²) in [5.74, 6) is 1.02. The van der Waals surface area contributed by atoms with Crippen LogP contribution in [0.15, 0.2) is 76.3 Å². The fourth-order valence-corrected chi connectivity index (χ4v) is 4.07. The average molecular weight is 496 g/mol. The summed E-state index contributed by atoms with van der Waals surface area (Å²) < 4.78 is 12.4. The molecule has 31 heavy (non-hydrogen) atoms. The molecule has 4 aromatic rings. The van der Waals surface area contributed by atoms with Gasteiger partial charge in [-0.05, 0) is 54.1 Å². The largest absolute Gasteiger partial charge is 0.497 e. The molecule has 3 aromatic carbocycles. The van der Waals surface area contributed by atoms with Crippen molar-refractivity contribution in [3.05, 3.63) is 82.3 Å². The van der Waals surface area contributed by atoms with Crippen LogP contribution in [0.3, 0.4) is 0 Å². The summed E-state index contributed by atoms with van der Waals surface area (Å²) in [6.45, 7) is 0. The third kappa shape index (κ3) is 4.76. The zero-order valence-electron chi connectivity index (χ0n) is 16.8. The van der Waals surface area contributed by atoms with Gasteiger partial charge >= 0.3 is 0 Å². The zero-order valence-corrected chi connectivity index (χ0v) is 19.2. The third-order valence-electron chi connectivity index (χ3n) is 4.47. The van der Waals surface area contributed by atoms with E-state index in [0.29, 0.717) is 16.4 Å². The molecule has 4 rings (SSSR count). The van der Waals surface area contributed by atoms with E-state index >= 15 is 0 Å². The molecule has 0 unspecified atom stereocenters. The van der Waals surface area contributed by atoms with Crippen molar-refractivity contribution in [3.63, 3.8) is 0 Å². The number of amides is 1. The summed E-state index contributed by atoms with van der Waals surface area (Å²) >= 11 is 4.79. The van der Waals surface area contributed by atoms with Crippen molar-refractivity contribution >= 4 is 54.7 Å². The molecular weight excluding hydrogens is 478 g/mol. The van der Waals surface area contributed by atoms with Crippen LogP contribution in [0.1, 0.15) is 15.9 Å². The molecule has 0 bridgehead atoms. The molecule has 1 heterocycles. The van der Waals surface area contributed by atoms with Crippen LogP contribution >= 0.6 is 27.3 Å². The Morgan fingerprint density at radius 1 is 1.03 bits per heavy atom. The fourth-order valence-electron chi connectivity index (χ4n) is 2.85. The van der Waals surface area contributed by atoms with Crippen molar-refractivity contribution in [1.29, 1.82) is 0 Å². The van der Waals surface area contributed by atoms with E-state index in [9.17, 15) is 4.79 Å². The van der Waals surface area contributed by atoms with Crippen LogP contribution in [-0.4, -0.2) is 31.3 Å². The lowest BCUT2D eigenvalue weighted by atomic mass is 10.2. The highest BCUT2D eigenvalue weighted by Crippen LogP contribution is 2.32. The summed E-state index contributed by atoms with van der Waals surface area (Å²) in [4.78, 5) is 18.0. The summed E-state index contributed by atoms with van der Waals surface area (Å²) in [7, 11) is 3.18. The summed E-state index contributed by atoms with van der Waals surface area (Å²) in [6, 6.07) is 20.2. The minimum Gasteiger partial charge on any atom is -0.497 e. The minimum atomic E-state index is -0.307. The first kappa shape index (κ1) is 21.0. The van der Waals surface area contributed by atoms with Crippen LogP contribution in [0.2, 0.25) is 0 Å². The molecule has 0 saturated carbocycles. The molecule has 0 spiro atoms. The SMILES string of the molecule is COc1cccc(C(=O)N(/N=C/c2ccc(Br)cc2)c2nc3ccc(OC)cc3s2)c1. The molecule has 6 nitrogen and oxygen atoms in total. The summed E-state index contributed by atoms with van der Waals surface area (Å²) in [5.41, 5.74) is 2.07. The summed E-state index contributed by atoms with van der Waals surface area (Å²) in [6.07, 6.45) is 1.64. The number of hydrogen-bond donors (Lipinski definition) is 0. The zero-order chi connectivity index (χ0) is 21.8. The molecule has 0 saturated heterocycles. The first-order chi connectivity index (χ1) is 15.1. The van der Waals surface area contributed by atoms with Crippen LogP contribution in [0.5, 0.6) is 11.5 Å². The van der Waals surface area contributed by atoms with Crippen LogP contribution in [0, 0.1) is 0 Å².